The molecular weight excluding hydrogens is 554 g/mol. The molecule has 0 aliphatic heterocycles. The summed E-state index contributed by atoms with van der Waals surface area (Å²) in [5, 5.41) is 40.7. The van der Waals surface area contributed by atoms with Crippen LogP contribution in [0.5, 0.6) is 23.0 Å². The van der Waals surface area contributed by atoms with Crippen molar-refractivity contribution in [3.8, 4) is 23.0 Å². The molecule has 0 unspecified atom stereocenters. The van der Waals surface area contributed by atoms with Gasteiger partial charge in [0.1, 0.15) is 52.5 Å². The number of aromatic nitrogens is 3. The van der Waals surface area contributed by atoms with Gasteiger partial charge in [-0.05, 0) is 61.3 Å². The molecule has 2 aromatic heterocycles. The van der Waals surface area contributed by atoms with Crippen molar-refractivity contribution in [3.05, 3.63) is 68.7 Å². The molecule has 0 fully saturated rings. The Balaban J connectivity index is 1.78. The van der Waals surface area contributed by atoms with E-state index in [0.29, 0.717) is 11.3 Å². The van der Waals surface area contributed by atoms with Gasteiger partial charge in [-0.3, -0.25) is 9.59 Å². The zero-order chi connectivity index (χ0) is 31.6. The normalized spacial score (nSPS) is 11.5. The minimum Gasteiger partial charge on any atom is -0.507 e. The first-order chi connectivity index (χ1) is 20.1. The van der Waals surface area contributed by atoms with E-state index in [1.54, 1.807) is 20.8 Å². The lowest BCUT2D eigenvalue weighted by Crippen LogP contribution is -2.26. The van der Waals surface area contributed by atoms with E-state index in [2.05, 4.69) is 10.3 Å². The summed E-state index contributed by atoms with van der Waals surface area (Å²) in [5.41, 5.74) is 1.76. The third kappa shape index (κ3) is 7.17. The van der Waals surface area contributed by atoms with Gasteiger partial charge in [0.2, 0.25) is 5.43 Å². The molecule has 11 heteroatoms. The molecule has 2 aromatic carbocycles. The van der Waals surface area contributed by atoms with Gasteiger partial charge in [-0.15, -0.1) is 5.10 Å². The van der Waals surface area contributed by atoms with E-state index in [0.717, 1.165) is 11.1 Å². The minimum atomic E-state index is -0.638. The summed E-state index contributed by atoms with van der Waals surface area (Å²) in [6.45, 7) is 12.6. The zero-order valence-corrected chi connectivity index (χ0v) is 25.4. The summed E-state index contributed by atoms with van der Waals surface area (Å²) < 4.78 is 18.6. The van der Waals surface area contributed by atoms with E-state index in [1.165, 1.54) is 23.0 Å². The second-order valence-corrected chi connectivity index (χ2v) is 11.9. The Morgan fingerprint density at radius 1 is 0.953 bits per heavy atom. The molecule has 0 atom stereocenters. The Labute approximate surface area is 248 Å². The Hall–Kier alpha value is -4.80. The molecule has 0 saturated heterocycles. The smallest absolute Gasteiger partial charge is 0.328 e. The highest BCUT2D eigenvalue weighted by molar-refractivity contribution is 5.97. The summed E-state index contributed by atoms with van der Waals surface area (Å²) in [6, 6.07) is 2.56. The Bertz CT molecular complexity index is 1810. The molecule has 3 N–H and O–H groups in total. The van der Waals surface area contributed by atoms with Crippen molar-refractivity contribution in [2.24, 2.45) is 0 Å². The van der Waals surface area contributed by atoms with Crippen LogP contribution in [0.25, 0.3) is 21.9 Å². The van der Waals surface area contributed by atoms with Gasteiger partial charge in [-0.2, -0.15) is 0 Å². The fourth-order valence-corrected chi connectivity index (χ4v) is 4.53. The van der Waals surface area contributed by atoms with Gasteiger partial charge in [-0.1, -0.05) is 28.5 Å². The average molecular weight is 592 g/mol. The zero-order valence-electron chi connectivity index (χ0n) is 25.4. The second kappa shape index (κ2) is 12.2. The Kier molecular flexibility index (Phi) is 8.84. The molecule has 0 spiro atoms. The predicted molar refractivity (Wildman–Crippen MR) is 161 cm³/mol. The Morgan fingerprint density at radius 3 is 2.19 bits per heavy atom. The molecule has 228 valence electrons. The van der Waals surface area contributed by atoms with Crippen LogP contribution in [0.15, 0.2) is 50.8 Å². The molecule has 0 saturated carbocycles. The van der Waals surface area contributed by atoms with Crippen molar-refractivity contribution in [2.45, 2.75) is 80.1 Å². The van der Waals surface area contributed by atoms with E-state index in [4.69, 9.17) is 13.9 Å². The highest BCUT2D eigenvalue weighted by Gasteiger charge is 2.24. The van der Waals surface area contributed by atoms with Crippen LogP contribution in [-0.4, -0.2) is 41.9 Å². The van der Waals surface area contributed by atoms with Crippen LogP contribution in [-0.2, 0) is 35.5 Å². The maximum atomic E-state index is 14.0. The number of benzene rings is 2. The van der Waals surface area contributed by atoms with Gasteiger partial charge < -0.3 is 29.2 Å². The SMILES string of the molecule is CC(C)=CCc1c(O)cc2oc3cc(O)c(OCc4cn(CC(=O)OC(C)(C)C)nn4)c(CC=C(C)C)c3c(=O)c2c1O. The summed E-state index contributed by atoms with van der Waals surface area (Å²) in [7, 11) is 0. The number of allylic oxidation sites excluding steroid dienone is 4. The monoisotopic (exact) mass is 591 g/mol. The van der Waals surface area contributed by atoms with Gasteiger partial charge in [0.25, 0.3) is 0 Å². The van der Waals surface area contributed by atoms with Gasteiger partial charge in [0, 0.05) is 23.3 Å². The van der Waals surface area contributed by atoms with Gasteiger partial charge >= 0.3 is 5.97 Å². The molecule has 43 heavy (non-hydrogen) atoms. The maximum absolute atomic E-state index is 14.0. The first kappa shape index (κ1) is 31.1. The quantitative estimate of drug-likeness (QED) is 0.127. The van der Waals surface area contributed by atoms with Gasteiger partial charge in [0.05, 0.1) is 11.6 Å². The molecule has 0 amide bonds. The number of nitrogens with zero attached hydrogens (tertiary/aromatic N) is 3. The molecule has 0 aliphatic rings. The number of carbonyl (C=O) groups excluding carboxylic acids is 1. The molecule has 2 heterocycles. The largest absolute Gasteiger partial charge is 0.507 e. The third-order valence-corrected chi connectivity index (χ3v) is 6.43. The van der Waals surface area contributed by atoms with Crippen LogP contribution in [0, 0.1) is 0 Å². The summed E-state index contributed by atoms with van der Waals surface area (Å²) in [5.74, 6) is -1.28. The number of phenols is 3. The van der Waals surface area contributed by atoms with Gasteiger partial charge in [0.15, 0.2) is 11.5 Å². The summed E-state index contributed by atoms with van der Waals surface area (Å²) in [6.07, 6.45) is 5.67. The number of esters is 1. The number of aromatic hydroxyl groups is 3. The van der Waals surface area contributed by atoms with E-state index < -0.39 is 17.0 Å². The van der Waals surface area contributed by atoms with Gasteiger partial charge in [-0.25, -0.2) is 4.68 Å². The van der Waals surface area contributed by atoms with Crippen molar-refractivity contribution in [1.82, 2.24) is 15.0 Å². The molecule has 11 nitrogen and oxygen atoms in total. The maximum Gasteiger partial charge on any atom is 0.328 e. The Morgan fingerprint density at radius 2 is 1.56 bits per heavy atom. The van der Waals surface area contributed by atoms with E-state index >= 15 is 0 Å². The first-order valence-corrected chi connectivity index (χ1v) is 13.8. The number of hydrogen-bond donors (Lipinski definition) is 3. The first-order valence-electron chi connectivity index (χ1n) is 13.8. The number of rotatable bonds is 9. The van der Waals surface area contributed by atoms with Crippen LogP contribution >= 0.6 is 0 Å². The van der Waals surface area contributed by atoms with Crippen molar-refractivity contribution in [1.29, 1.82) is 0 Å². The van der Waals surface area contributed by atoms with E-state index in [9.17, 15) is 24.9 Å². The number of phenolic OH excluding ortho intramolecular Hbond substituents is 3. The minimum absolute atomic E-state index is 0.0173. The molecule has 4 aromatic rings. The lowest BCUT2D eigenvalue weighted by atomic mass is 9.98. The number of hydrogen-bond acceptors (Lipinski definition) is 10. The van der Waals surface area contributed by atoms with Crippen molar-refractivity contribution in [2.75, 3.05) is 0 Å². The third-order valence-electron chi connectivity index (χ3n) is 6.43. The highest BCUT2D eigenvalue weighted by Crippen LogP contribution is 2.41. The fourth-order valence-electron chi connectivity index (χ4n) is 4.53. The molecule has 0 radical (unpaired) electrons. The lowest BCUT2D eigenvalue weighted by molar-refractivity contribution is -0.155. The molecule has 0 aliphatic carbocycles. The molecule has 4 rings (SSSR count). The van der Waals surface area contributed by atoms with Crippen molar-refractivity contribution >= 4 is 27.9 Å². The fraction of sp³-hybridized carbons (Fsp3) is 0.375. The number of carbonyl (C=O) groups is 1. The predicted octanol–water partition coefficient (Wildman–Crippen LogP) is 5.59. The highest BCUT2D eigenvalue weighted by atomic mass is 16.6. The second-order valence-electron chi connectivity index (χ2n) is 11.9. The van der Waals surface area contributed by atoms with Crippen LogP contribution in [0.3, 0.4) is 0 Å². The number of ether oxygens (including phenoxy) is 2. The standard InChI is InChI=1S/C32H37N3O8/c1-17(2)8-10-20-22(36)12-25-28(29(20)39)30(40)27-21(11-9-18(3)4)31(23(37)13-24(27)42-25)41-16-19-14-35(34-33-19)15-26(38)43-32(5,6)7/h8-9,12-14,36-37,39H,10-11,15-16H2,1-7H3. The van der Waals surface area contributed by atoms with Crippen molar-refractivity contribution < 1.29 is 34.0 Å². The number of fused-ring (bicyclic) bond motifs is 2. The van der Waals surface area contributed by atoms with Crippen LogP contribution in [0.1, 0.15) is 65.3 Å². The lowest BCUT2D eigenvalue weighted by Gasteiger charge is -2.19. The molecule has 0 bridgehead atoms. The summed E-state index contributed by atoms with van der Waals surface area (Å²) in [4.78, 5) is 26.1. The van der Waals surface area contributed by atoms with Crippen LogP contribution in [0.4, 0.5) is 0 Å². The molecular formula is C32H37N3O8. The van der Waals surface area contributed by atoms with E-state index in [-0.39, 0.29) is 76.5 Å². The van der Waals surface area contributed by atoms with Crippen molar-refractivity contribution in [3.63, 3.8) is 0 Å². The topological polar surface area (TPSA) is 157 Å². The summed E-state index contributed by atoms with van der Waals surface area (Å²) >= 11 is 0. The van der Waals surface area contributed by atoms with Crippen LogP contribution < -0.4 is 10.2 Å². The van der Waals surface area contributed by atoms with E-state index in [1.807, 2.05) is 39.8 Å². The van der Waals surface area contributed by atoms with Crippen LogP contribution in [0.2, 0.25) is 0 Å². The average Bonchev–Trinajstić information content (AvgIpc) is 3.31.